The van der Waals surface area contributed by atoms with Gasteiger partial charge in [0.15, 0.2) is 6.61 Å². The predicted octanol–water partition coefficient (Wildman–Crippen LogP) is 5.91. The first-order valence-corrected chi connectivity index (χ1v) is 9.27. The molecule has 0 N–H and O–H groups in total. The molecule has 0 aliphatic rings. The van der Waals surface area contributed by atoms with Crippen LogP contribution in [0, 0.1) is 0 Å². The lowest BCUT2D eigenvalue weighted by molar-refractivity contribution is 0.0480. The van der Waals surface area contributed by atoms with Crippen LogP contribution in [-0.2, 0) is 4.74 Å². The third-order valence-corrected chi connectivity index (χ3v) is 5.79. The molecule has 4 nitrogen and oxygen atoms in total. The van der Waals surface area contributed by atoms with Crippen LogP contribution in [0.25, 0.3) is 10.1 Å². The molecule has 0 spiro atoms. The first-order chi connectivity index (χ1) is 12.4. The molecule has 0 saturated heterocycles. The number of halogens is 3. The highest BCUT2D eigenvalue weighted by molar-refractivity contribution is 7.21. The molecule has 3 rings (SSSR count). The van der Waals surface area contributed by atoms with E-state index in [9.17, 15) is 9.59 Å². The smallest absolute Gasteiger partial charge is 0.350 e. The minimum atomic E-state index is -0.679. The van der Waals surface area contributed by atoms with Crippen molar-refractivity contribution in [3.8, 4) is 5.75 Å². The van der Waals surface area contributed by atoms with Crippen LogP contribution in [0.4, 0.5) is 0 Å². The molecule has 134 valence electrons. The number of ketones is 1. The van der Waals surface area contributed by atoms with Crippen molar-refractivity contribution in [3.05, 3.63) is 61.9 Å². The zero-order chi connectivity index (χ0) is 18.8. The van der Waals surface area contributed by atoms with Gasteiger partial charge in [0.05, 0.1) is 17.2 Å². The summed E-state index contributed by atoms with van der Waals surface area (Å²) >= 11 is 19.3. The lowest BCUT2D eigenvalue weighted by atomic mass is 10.1. The third-order valence-electron chi connectivity index (χ3n) is 3.59. The molecular weight excluding hydrogens is 419 g/mol. The molecule has 3 aromatic rings. The van der Waals surface area contributed by atoms with Gasteiger partial charge in [-0.2, -0.15) is 0 Å². The Morgan fingerprint density at radius 2 is 1.85 bits per heavy atom. The summed E-state index contributed by atoms with van der Waals surface area (Å²) in [5, 5.41) is 1.60. The average Bonchev–Trinajstić information content (AvgIpc) is 2.97. The van der Waals surface area contributed by atoms with Gasteiger partial charge in [0, 0.05) is 20.7 Å². The number of ether oxygens (including phenoxy) is 2. The molecule has 0 atom stereocenters. The van der Waals surface area contributed by atoms with Crippen LogP contribution in [-0.4, -0.2) is 25.5 Å². The van der Waals surface area contributed by atoms with Gasteiger partial charge in [0.1, 0.15) is 10.6 Å². The van der Waals surface area contributed by atoms with Gasteiger partial charge >= 0.3 is 5.97 Å². The van der Waals surface area contributed by atoms with E-state index < -0.39 is 18.4 Å². The minimum absolute atomic E-state index is 0.194. The van der Waals surface area contributed by atoms with Crippen molar-refractivity contribution in [3.63, 3.8) is 0 Å². The molecule has 0 bridgehead atoms. The van der Waals surface area contributed by atoms with Gasteiger partial charge in [0.2, 0.25) is 5.78 Å². The number of carbonyl (C=O) groups excluding carboxylic acids is 2. The topological polar surface area (TPSA) is 52.6 Å². The SMILES string of the molecule is COc1ccc2c(Cl)c(C(=O)OCC(=O)c3cc(Cl)ccc3Cl)sc2c1. The van der Waals surface area contributed by atoms with E-state index >= 15 is 0 Å². The molecule has 1 aromatic heterocycles. The number of carbonyl (C=O) groups is 2. The van der Waals surface area contributed by atoms with Gasteiger partial charge in [-0.05, 0) is 36.4 Å². The Balaban J connectivity index is 1.78. The summed E-state index contributed by atoms with van der Waals surface area (Å²) in [5.41, 5.74) is 0.194. The quantitative estimate of drug-likeness (QED) is 0.374. The lowest BCUT2D eigenvalue weighted by Crippen LogP contribution is -2.14. The first-order valence-electron chi connectivity index (χ1n) is 7.32. The van der Waals surface area contributed by atoms with Gasteiger partial charge in [-0.1, -0.05) is 34.8 Å². The molecule has 0 aliphatic heterocycles. The number of methoxy groups -OCH3 is 1. The fourth-order valence-corrected chi connectivity index (χ4v) is 4.11. The Morgan fingerprint density at radius 3 is 2.58 bits per heavy atom. The van der Waals surface area contributed by atoms with Crippen molar-refractivity contribution in [2.45, 2.75) is 0 Å². The molecule has 26 heavy (non-hydrogen) atoms. The van der Waals surface area contributed by atoms with Crippen LogP contribution >= 0.6 is 46.1 Å². The number of rotatable bonds is 5. The van der Waals surface area contributed by atoms with Gasteiger partial charge in [0.25, 0.3) is 0 Å². The Labute approximate surface area is 168 Å². The maximum absolute atomic E-state index is 12.3. The van der Waals surface area contributed by atoms with Crippen LogP contribution in [0.3, 0.4) is 0 Å². The standard InChI is InChI=1S/C18H11Cl3O4S/c1-24-10-3-4-11-15(7-10)26-17(16(11)21)18(23)25-8-14(22)12-6-9(19)2-5-13(12)20/h2-7H,8H2,1H3. The van der Waals surface area contributed by atoms with E-state index in [0.717, 1.165) is 4.70 Å². The maximum Gasteiger partial charge on any atom is 0.350 e. The number of hydrogen-bond acceptors (Lipinski definition) is 5. The summed E-state index contributed by atoms with van der Waals surface area (Å²) < 4.78 is 11.1. The number of Topliss-reactive ketones (excluding diaryl/α,β-unsaturated/α-hetero) is 1. The van der Waals surface area contributed by atoms with Crippen molar-refractivity contribution in [1.29, 1.82) is 0 Å². The zero-order valence-corrected chi connectivity index (χ0v) is 16.4. The normalized spacial score (nSPS) is 10.8. The number of esters is 1. The molecule has 0 saturated carbocycles. The first kappa shape index (κ1) is 19.0. The van der Waals surface area contributed by atoms with Crippen molar-refractivity contribution < 1.29 is 19.1 Å². The Morgan fingerprint density at radius 1 is 1.08 bits per heavy atom. The Hall–Kier alpha value is -1.79. The predicted molar refractivity (Wildman–Crippen MR) is 104 cm³/mol. The van der Waals surface area contributed by atoms with E-state index in [1.54, 1.807) is 31.4 Å². The van der Waals surface area contributed by atoms with Gasteiger partial charge in [-0.25, -0.2) is 4.79 Å². The van der Waals surface area contributed by atoms with Crippen molar-refractivity contribution in [1.82, 2.24) is 0 Å². The van der Waals surface area contributed by atoms with Crippen LogP contribution < -0.4 is 4.74 Å². The van der Waals surface area contributed by atoms with Crippen molar-refractivity contribution >= 4 is 68.0 Å². The summed E-state index contributed by atoms with van der Waals surface area (Å²) in [7, 11) is 1.55. The minimum Gasteiger partial charge on any atom is -0.497 e. The number of hydrogen-bond donors (Lipinski definition) is 0. The van der Waals surface area contributed by atoms with E-state index in [4.69, 9.17) is 44.3 Å². The van der Waals surface area contributed by atoms with E-state index in [1.807, 2.05) is 0 Å². The molecule has 0 aliphatic carbocycles. The highest BCUT2D eigenvalue weighted by Crippen LogP contribution is 2.37. The van der Waals surface area contributed by atoms with E-state index in [0.29, 0.717) is 16.2 Å². The van der Waals surface area contributed by atoms with Crippen LogP contribution in [0.2, 0.25) is 15.1 Å². The second-order valence-corrected chi connectivity index (χ2v) is 7.50. The molecule has 0 unspecified atom stereocenters. The van der Waals surface area contributed by atoms with Gasteiger partial charge < -0.3 is 9.47 Å². The largest absolute Gasteiger partial charge is 0.497 e. The molecular formula is C18H11Cl3O4S. The molecule has 0 amide bonds. The average molecular weight is 430 g/mol. The number of thiophene rings is 1. The van der Waals surface area contributed by atoms with Gasteiger partial charge in [-0.15, -0.1) is 11.3 Å². The van der Waals surface area contributed by atoms with E-state index in [-0.39, 0.29) is 20.5 Å². The third kappa shape index (κ3) is 3.81. The summed E-state index contributed by atoms with van der Waals surface area (Å²) in [6, 6.07) is 9.80. The van der Waals surface area contributed by atoms with E-state index in [1.165, 1.54) is 23.5 Å². The van der Waals surface area contributed by atoms with Crippen LogP contribution in [0.5, 0.6) is 5.75 Å². The van der Waals surface area contributed by atoms with Gasteiger partial charge in [-0.3, -0.25) is 4.79 Å². The monoisotopic (exact) mass is 428 g/mol. The second-order valence-electron chi connectivity index (χ2n) is 5.23. The molecule has 1 heterocycles. The fourth-order valence-electron chi connectivity index (χ4n) is 2.29. The summed E-state index contributed by atoms with van der Waals surface area (Å²) in [6.07, 6.45) is 0. The fraction of sp³-hybridized carbons (Fsp3) is 0.111. The molecule has 0 radical (unpaired) electrons. The molecule has 0 fully saturated rings. The summed E-state index contributed by atoms with van der Waals surface area (Å²) in [4.78, 5) is 24.8. The molecule has 8 heteroatoms. The van der Waals surface area contributed by atoms with E-state index in [2.05, 4.69) is 0 Å². The summed E-state index contributed by atoms with van der Waals surface area (Å²) in [6.45, 7) is -0.465. The molecule has 2 aromatic carbocycles. The summed E-state index contributed by atoms with van der Waals surface area (Å²) in [5.74, 6) is -0.479. The maximum atomic E-state index is 12.3. The highest BCUT2D eigenvalue weighted by Gasteiger charge is 2.21. The zero-order valence-electron chi connectivity index (χ0n) is 13.3. The lowest BCUT2D eigenvalue weighted by Gasteiger charge is -2.05. The number of benzene rings is 2. The second kappa shape index (κ2) is 7.84. The van der Waals surface area contributed by atoms with Crippen LogP contribution in [0.15, 0.2) is 36.4 Å². The Kier molecular flexibility index (Phi) is 5.73. The van der Waals surface area contributed by atoms with Crippen molar-refractivity contribution in [2.24, 2.45) is 0 Å². The van der Waals surface area contributed by atoms with Crippen molar-refractivity contribution in [2.75, 3.05) is 13.7 Å². The Bertz CT molecular complexity index is 1010. The number of fused-ring (bicyclic) bond motifs is 1. The van der Waals surface area contributed by atoms with Crippen LogP contribution in [0.1, 0.15) is 20.0 Å². The highest BCUT2D eigenvalue weighted by atomic mass is 35.5.